The lowest BCUT2D eigenvalue weighted by atomic mass is 9.88. The van der Waals surface area contributed by atoms with Crippen molar-refractivity contribution in [3.63, 3.8) is 0 Å². The molecule has 0 saturated carbocycles. The fraction of sp³-hybridized carbons (Fsp3) is 0.120. The molecule has 1 aromatic heterocycles. The minimum Gasteiger partial charge on any atom is -0.364 e. The highest BCUT2D eigenvalue weighted by Crippen LogP contribution is 2.38. The molecular weight excluding hydrogens is 514 g/mol. The molecule has 5 N–H and O–H groups in total. The quantitative estimate of drug-likeness (QED) is 0.341. The molecule has 1 aliphatic carbocycles. The molecule has 0 radical (unpaired) electrons. The number of sulfonamides is 2. The number of nitrogens with one attached hydrogen (secondary N) is 1. The summed E-state index contributed by atoms with van der Waals surface area (Å²) < 4.78 is 53.4. The van der Waals surface area contributed by atoms with Crippen molar-refractivity contribution in [1.29, 1.82) is 0 Å². The van der Waals surface area contributed by atoms with E-state index in [-0.39, 0.29) is 15.5 Å². The molecular formula is C25H23N5O5S2. The SMILES string of the molecule is Cc1ccc(S(=O)(=O)Nc2ccc3c(c2)-c2c(c(C(N)=O)nn2-c2ccc(S(N)(=O)=O)cc2)CC3)cc1. The number of aryl methyl sites for hydroxylation is 2. The topological polar surface area (TPSA) is 167 Å². The number of primary amides is 1. The molecule has 190 valence electrons. The molecule has 0 aliphatic heterocycles. The maximum atomic E-state index is 13.0. The Morgan fingerprint density at radius 3 is 2.19 bits per heavy atom. The van der Waals surface area contributed by atoms with Crippen LogP contribution in [0.4, 0.5) is 5.69 Å². The van der Waals surface area contributed by atoms with Gasteiger partial charge in [0.15, 0.2) is 5.69 Å². The highest BCUT2D eigenvalue weighted by molar-refractivity contribution is 7.92. The van der Waals surface area contributed by atoms with Crippen molar-refractivity contribution < 1.29 is 21.6 Å². The minimum atomic E-state index is -3.89. The van der Waals surface area contributed by atoms with Gasteiger partial charge in [0.1, 0.15) is 0 Å². The summed E-state index contributed by atoms with van der Waals surface area (Å²) in [6.07, 6.45) is 1.11. The van der Waals surface area contributed by atoms with Crippen molar-refractivity contribution in [2.45, 2.75) is 29.6 Å². The lowest BCUT2D eigenvalue weighted by Gasteiger charge is -2.20. The first-order chi connectivity index (χ1) is 17.4. The number of carbonyl (C=O) groups excluding carboxylic acids is 1. The Balaban J connectivity index is 1.62. The summed E-state index contributed by atoms with van der Waals surface area (Å²) in [5.41, 5.74) is 10.3. The van der Waals surface area contributed by atoms with Gasteiger partial charge in [0.2, 0.25) is 10.0 Å². The van der Waals surface area contributed by atoms with Crippen LogP contribution in [0.15, 0.2) is 76.5 Å². The molecule has 1 aliphatic rings. The van der Waals surface area contributed by atoms with Crippen molar-refractivity contribution in [3.05, 3.63) is 89.1 Å². The highest BCUT2D eigenvalue weighted by Gasteiger charge is 2.29. The minimum absolute atomic E-state index is 0.0689. The van der Waals surface area contributed by atoms with Crippen LogP contribution in [0.2, 0.25) is 0 Å². The first-order valence-electron chi connectivity index (χ1n) is 11.2. The van der Waals surface area contributed by atoms with E-state index in [2.05, 4.69) is 9.82 Å². The Labute approximate surface area is 214 Å². The van der Waals surface area contributed by atoms with E-state index in [1.807, 2.05) is 13.0 Å². The van der Waals surface area contributed by atoms with Crippen molar-refractivity contribution in [2.75, 3.05) is 4.72 Å². The van der Waals surface area contributed by atoms with E-state index in [4.69, 9.17) is 10.9 Å². The third-order valence-electron chi connectivity index (χ3n) is 6.22. The number of primary sulfonamides is 1. The molecule has 1 amide bonds. The molecule has 4 aromatic rings. The Kier molecular flexibility index (Phi) is 5.89. The van der Waals surface area contributed by atoms with Gasteiger partial charge < -0.3 is 5.73 Å². The van der Waals surface area contributed by atoms with Gasteiger partial charge in [-0.3, -0.25) is 9.52 Å². The second-order valence-corrected chi connectivity index (χ2v) is 12.0. The number of nitrogens with zero attached hydrogens (tertiary/aromatic N) is 2. The molecule has 1 heterocycles. The molecule has 37 heavy (non-hydrogen) atoms. The first kappa shape index (κ1) is 24.7. The van der Waals surface area contributed by atoms with Crippen LogP contribution in [-0.2, 0) is 32.9 Å². The fourth-order valence-corrected chi connectivity index (χ4v) is 5.96. The van der Waals surface area contributed by atoms with Gasteiger partial charge in [-0.2, -0.15) is 5.10 Å². The number of aromatic nitrogens is 2. The van der Waals surface area contributed by atoms with E-state index in [1.165, 1.54) is 41.1 Å². The van der Waals surface area contributed by atoms with Crippen LogP contribution in [0.5, 0.6) is 0 Å². The number of nitrogens with two attached hydrogens (primary N) is 2. The van der Waals surface area contributed by atoms with Crippen LogP contribution in [-0.4, -0.2) is 32.5 Å². The Hall–Kier alpha value is -4.00. The average molecular weight is 538 g/mol. The monoisotopic (exact) mass is 537 g/mol. The number of anilines is 1. The highest BCUT2D eigenvalue weighted by atomic mass is 32.2. The van der Waals surface area contributed by atoms with Crippen molar-refractivity contribution >= 4 is 31.6 Å². The summed E-state index contributed by atoms with van der Waals surface area (Å²) >= 11 is 0. The predicted octanol–water partition coefficient (Wildman–Crippen LogP) is 2.49. The maximum absolute atomic E-state index is 13.0. The van der Waals surface area contributed by atoms with E-state index < -0.39 is 26.0 Å². The Bertz CT molecular complexity index is 1760. The summed E-state index contributed by atoms with van der Waals surface area (Å²) in [7, 11) is -7.73. The number of fused-ring (bicyclic) bond motifs is 3. The van der Waals surface area contributed by atoms with Crippen LogP contribution in [0.3, 0.4) is 0 Å². The molecule has 0 unspecified atom stereocenters. The summed E-state index contributed by atoms with van der Waals surface area (Å²) in [6.45, 7) is 1.87. The third kappa shape index (κ3) is 4.61. The van der Waals surface area contributed by atoms with Crippen LogP contribution in [0.1, 0.15) is 27.2 Å². The number of benzene rings is 3. The largest absolute Gasteiger partial charge is 0.364 e. The van der Waals surface area contributed by atoms with E-state index >= 15 is 0 Å². The van der Waals surface area contributed by atoms with Gasteiger partial charge in [0.05, 0.1) is 21.2 Å². The summed E-state index contributed by atoms with van der Waals surface area (Å²) in [5, 5.41) is 9.65. The Morgan fingerprint density at radius 2 is 1.57 bits per heavy atom. The van der Waals surface area contributed by atoms with E-state index in [0.29, 0.717) is 41.0 Å². The van der Waals surface area contributed by atoms with Gasteiger partial charge in [-0.25, -0.2) is 26.7 Å². The fourth-order valence-electron chi connectivity index (χ4n) is 4.40. The summed E-state index contributed by atoms with van der Waals surface area (Å²) in [4.78, 5) is 12.3. The maximum Gasteiger partial charge on any atom is 0.269 e. The average Bonchev–Trinajstić information content (AvgIpc) is 3.24. The standard InChI is InChI=1S/C25H23N5O5S2/c1-15-2-9-20(10-3-15)37(34,35)29-17-6-4-16-5-13-21-23(25(26)31)28-30(24(21)22(16)14-17)18-7-11-19(12-8-18)36(27,32)33/h2-4,6-12,14,29H,5,13H2,1H3,(H2,26,31)(H2,27,32,33). The zero-order chi connectivity index (χ0) is 26.5. The van der Waals surface area contributed by atoms with Gasteiger partial charge in [-0.1, -0.05) is 23.8 Å². The smallest absolute Gasteiger partial charge is 0.269 e. The second-order valence-electron chi connectivity index (χ2n) is 8.78. The van der Waals surface area contributed by atoms with Gasteiger partial charge in [0, 0.05) is 16.8 Å². The van der Waals surface area contributed by atoms with E-state index in [0.717, 1.165) is 11.1 Å². The molecule has 0 saturated heterocycles. The number of rotatable bonds is 6. The molecule has 0 atom stereocenters. The van der Waals surface area contributed by atoms with Gasteiger partial charge in [-0.15, -0.1) is 0 Å². The van der Waals surface area contributed by atoms with Gasteiger partial charge in [-0.05, 0) is 73.9 Å². The number of hydrogen-bond acceptors (Lipinski definition) is 6. The van der Waals surface area contributed by atoms with Gasteiger partial charge in [0.25, 0.3) is 15.9 Å². The predicted molar refractivity (Wildman–Crippen MR) is 138 cm³/mol. The molecule has 0 bridgehead atoms. The lowest BCUT2D eigenvalue weighted by molar-refractivity contribution is 0.0994. The number of carbonyl (C=O) groups is 1. The molecule has 3 aromatic carbocycles. The number of amides is 1. The first-order valence-corrected chi connectivity index (χ1v) is 14.2. The second kappa shape index (κ2) is 8.83. The molecule has 0 fully saturated rings. The van der Waals surface area contributed by atoms with Crippen LogP contribution >= 0.6 is 0 Å². The molecule has 12 heteroatoms. The summed E-state index contributed by atoms with van der Waals surface area (Å²) in [5.74, 6) is -0.698. The third-order valence-corrected chi connectivity index (χ3v) is 8.55. The summed E-state index contributed by atoms with van der Waals surface area (Å²) in [6, 6.07) is 17.5. The van der Waals surface area contributed by atoms with E-state index in [1.54, 1.807) is 24.3 Å². The van der Waals surface area contributed by atoms with Crippen molar-refractivity contribution in [1.82, 2.24) is 9.78 Å². The molecule has 0 spiro atoms. The van der Waals surface area contributed by atoms with Gasteiger partial charge >= 0.3 is 0 Å². The van der Waals surface area contributed by atoms with Crippen LogP contribution in [0.25, 0.3) is 16.9 Å². The lowest BCUT2D eigenvalue weighted by Crippen LogP contribution is -2.16. The van der Waals surface area contributed by atoms with Crippen LogP contribution < -0.4 is 15.6 Å². The van der Waals surface area contributed by atoms with Crippen molar-refractivity contribution in [2.24, 2.45) is 10.9 Å². The normalized spacial score (nSPS) is 13.0. The zero-order valence-corrected chi connectivity index (χ0v) is 21.3. The van der Waals surface area contributed by atoms with Crippen molar-refractivity contribution in [3.8, 4) is 16.9 Å². The molecule has 10 nitrogen and oxygen atoms in total. The zero-order valence-electron chi connectivity index (χ0n) is 19.7. The Morgan fingerprint density at radius 1 is 0.919 bits per heavy atom. The van der Waals surface area contributed by atoms with E-state index in [9.17, 15) is 21.6 Å². The molecule has 5 rings (SSSR count). The number of hydrogen-bond donors (Lipinski definition) is 3. The van der Waals surface area contributed by atoms with Crippen LogP contribution in [0, 0.1) is 6.92 Å².